The van der Waals surface area contributed by atoms with Crippen LogP contribution in [0, 0.1) is 12.3 Å². The number of nitrogens with two attached hydrogens (primary N) is 1. The fraction of sp³-hybridized carbons (Fsp3) is 0.583. The first kappa shape index (κ1) is 15.7. The van der Waals surface area contributed by atoms with Gasteiger partial charge in [-0.25, -0.2) is 13.6 Å². The Hall–Kier alpha value is -1.34. The summed E-state index contributed by atoms with van der Waals surface area (Å²) in [5.74, 6) is -0.408. The molecule has 1 atom stereocenters. The van der Waals surface area contributed by atoms with E-state index in [-0.39, 0.29) is 27.9 Å². The molecule has 0 radical (unpaired) electrons. The van der Waals surface area contributed by atoms with Crippen molar-refractivity contribution in [3.63, 3.8) is 0 Å². The van der Waals surface area contributed by atoms with E-state index in [1.807, 2.05) is 27.7 Å². The summed E-state index contributed by atoms with van der Waals surface area (Å²) in [5, 5.41) is 7.78. The molecule has 7 heteroatoms. The second-order valence-corrected chi connectivity index (χ2v) is 7.17. The van der Waals surface area contributed by atoms with Gasteiger partial charge in [0.2, 0.25) is 10.0 Å². The van der Waals surface area contributed by atoms with Crippen LogP contribution < -0.4 is 10.5 Å². The minimum Gasteiger partial charge on any atom is -0.455 e. The Labute approximate surface area is 113 Å². The molecule has 0 fully saturated rings. The smallest absolute Gasteiger partial charge is 0.287 e. The molecule has 1 amide bonds. The molecule has 0 spiro atoms. The maximum Gasteiger partial charge on any atom is 0.287 e. The van der Waals surface area contributed by atoms with Crippen LogP contribution in [0.15, 0.2) is 15.4 Å². The maximum absolute atomic E-state index is 12.0. The minimum absolute atomic E-state index is 0.0578. The highest BCUT2D eigenvalue weighted by Crippen LogP contribution is 2.21. The number of primary sulfonamides is 1. The number of hydrogen-bond acceptors (Lipinski definition) is 4. The van der Waals surface area contributed by atoms with Gasteiger partial charge in [-0.3, -0.25) is 4.79 Å². The van der Waals surface area contributed by atoms with Gasteiger partial charge in [-0.2, -0.15) is 0 Å². The van der Waals surface area contributed by atoms with Crippen LogP contribution in [0.2, 0.25) is 0 Å². The first-order valence-electron chi connectivity index (χ1n) is 5.87. The average Bonchev–Trinajstić information content (AvgIpc) is 2.58. The summed E-state index contributed by atoms with van der Waals surface area (Å²) in [6.07, 6.45) is 0. The van der Waals surface area contributed by atoms with Crippen LogP contribution in [-0.2, 0) is 10.0 Å². The summed E-state index contributed by atoms with van der Waals surface area (Å²) in [6.45, 7) is 9.28. The van der Waals surface area contributed by atoms with Gasteiger partial charge in [-0.05, 0) is 19.3 Å². The van der Waals surface area contributed by atoms with Crippen LogP contribution in [0.3, 0.4) is 0 Å². The molecule has 19 heavy (non-hydrogen) atoms. The van der Waals surface area contributed by atoms with Crippen molar-refractivity contribution in [3.05, 3.63) is 17.6 Å². The Balaban J connectivity index is 2.97. The van der Waals surface area contributed by atoms with E-state index in [0.717, 1.165) is 6.07 Å². The number of carbonyl (C=O) groups excluding carboxylic acids is 1. The van der Waals surface area contributed by atoms with Gasteiger partial charge in [0, 0.05) is 12.1 Å². The number of aryl methyl sites for hydroxylation is 1. The molecule has 1 aromatic heterocycles. The Morgan fingerprint density at radius 1 is 1.42 bits per heavy atom. The van der Waals surface area contributed by atoms with Gasteiger partial charge >= 0.3 is 0 Å². The number of rotatable bonds is 3. The summed E-state index contributed by atoms with van der Waals surface area (Å²) in [4.78, 5) is 11.8. The van der Waals surface area contributed by atoms with Gasteiger partial charge < -0.3 is 9.73 Å². The van der Waals surface area contributed by atoms with Gasteiger partial charge in [0.05, 0.1) is 0 Å². The number of hydrogen-bond donors (Lipinski definition) is 2. The Morgan fingerprint density at radius 3 is 2.32 bits per heavy atom. The molecule has 6 nitrogen and oxygen atoms in total. The van der Waals surface area contributed by atoms with Crippen LogP contribution >= 0.6 is 0 Å². The number of amides is 1. The third-order valence-corrected chi connectivity index (χ3v) is 4.07. The Bertz CT molecular complexity index is 581. The summed E-state index contributed by atoms with van der Waals surface area (Å²) in [7, 11) is -3.88. The highest BCUT2D eigenvalue weighted by molar-refractivity contribution is 7.89. The standard InChI is InChI=1S/C12H20N2O4S/c1-7-10(19(13,16)17)6-9(18-7)11(15)14-8(2)12(3,4)5/h6,8H,1-5H3,(H,14,15)(H2,13,16,17)/t8-/m0/s1. The van der Waals surface area contributed by atoms with Gasteiger partial charge in [0.1, 0.15) is 10.7 Å². The van der Waals surface area contributed by atoms with Crippen molar-refractivity contribution in [1.82, 2.24) is 5.32 Å². The average molecular weight is 288 g/mol. The maximum atomic E-state index is 12.0. The predicted molar refractivity (Wildman–Crippen MR) is 71.2 cm³/mol. The second-order valence-electron chi connectivity index (χ2n) is 5.64. The first-order chi connectivity index (χ1) is 8.43. The lowest BCUT2D eigenvalue weighted by Gasteiger charge is -2.27. The highest BCUT2D eigenvalue weighted by Gasteiger charge is 2.25. The summed E-state index contributed by atoms with van der Waals surface area (Å²) >= 11 is 0. The van der Waals surface area contributed by atoms with E-state index in [9.17, 15) is 13.2 Å². The zero-order valence-electron chi connectivity index (χ0n) is 11.8. The fourth-order valence-electron chi connectivity index (χ4n) is 1.34. The summed E-state index contributed by atoms with van der Waals surface area (Å²) in [6, 6.07) is 1.05. The molecule has 1 rings (SSSR count). The van der Waals surface area contributed by atoms with Crippen molar-refractivity contribution in [2.75, 3.05) is 0 Å². The minimum atomic E-state index is -3.88. The molecule has 0 aliphatic rings. The van der Waals surface area contributed by atoms with E-state index in [0.29, 0.717) is 0 Å². The van der Waals surface area contributed by atoms with E-state index in [1.54, 1.807) is 0 Å². The SMILES string of the molecule is Cc1oc(C(=O)N[C@@H](C)C(C)(C)C)cc1S(N)(=O)=O. The second kappa shape index (κ2) is 4.97. The zero-order chi connectivity index (χ0) is 15.0. The lowest BCUT2D eigenvalue weighted by molar-refractivity contribution is 0.0880. The van der Waals surface area contributed by atoms with Gasteiger partial charge in [-0.15, -0.1) is 0 Å². The van der Waals surface area contributed by atoms with E-state index >= 15 is 0 Å². The van der Waals surface area contributed by atoms with Crippen molar-refractivity contribution < 1.29 is 17.6 Å². The van der Waals surface area contributed by atoms with E-state index in [1.165, 1.54) is 6.92 Å². The first-order valence-corrected chi connectivity index (χ1v) is 7.41. The van der Waals surface area contributed by atoms with E-state index < -0.39 is 15.9 Å². The molecule has 0 aliphatic carbocycles. The van der Waals surface area contributed by atoms with E-state index in [4.69, 9.17) is 9.56 Å². The fourth-order valence-corrected chi connectivity index (χ4v) is 2.06. The van der Waals surface area contributed by atoms with Crippen molar-refractivity contribution in [1.29, 1.82) is 0 Å². The zero-order valence-corrected chi connectivity index (χ0v) is 12.6. The lowest BCUT2D eigenvalue weighted by Crippen LogP contribution is -2.41. The lowest BCUT2D eigenvalue weighted by atomic mass is 9.88. The van der Waals surface area contributed by atoms with Crippen LogP contribution in [0.4, 0.5) is 0 Å². The normalized spacial score (nSPS) is 14.2. The van der Waals surface area contributed by atoms with Crippen molar-refractivity contribution in [2.45, 2.75) is 45.6 Å². The van der Waals surface area contributed by atoms with Crippen LogP contribution in [-0.4, -0.2) is 20.4 Å². The molecule has 108 valence electrons. The quantitative estimate of drug-likeness (QED) is 0.877. The topological polar surface area (TPSA) is 102 Å². The van der Waals surface area contributed by atoms with Gasteiger partial charge in [0.25, 0.3) is 5.91 Å². The van der Waals surface area contributed by atoms with Crippen molar-refractivity contribution in [2.24, 2.45) is 10.6 Å². The number of nitrogens with one attached hydrogen (secondary N) is 1. The van der Waals surface area contributed by atoms with Crippen LogP contribution in [0.1, 0.15) is 44.0 Å². The monoisotopic (exact) mass is 288 g/mol. The number of carbonyl (C=O) groups is 1. The summed E-state index contributed by atoms with van der Waals surface area (Å²) in [5.41, 5.74) is -0.111. The third kappa shape index (κ3) is 3.81. The van der Waals surface area contributed by atoms with Crippen LogP contribution in [0.5, 0.6) is 0 Å². The molecular weight excluding hydrogens is 268 g/mol. The molecule has 1 heterocycles. The van der Waals surface area contributed by atoms with Crippen molar-refractivity contribution >= 4 is 15.9 Å². The van der Waals surface area contributed by atoms with Gasteiger partial charge in [0.15, 0.2) is 5.76 Å². The molecule has 0 aromatic carbocycles. The van der Waals surface area contributed by atoms with Crippen molar-refractivity contribution in [3.8, 4) is 0 Å². The number of furan rings is 1. The Kier molecular flexibility index (Phi) is 4.11. The molecule has 0 aliphatic heterocycles. The molecule has 0 unspecified atom stereocenters. The molecule has 3 N–H and O–H groups in total. The molecular formula is C12H20N2O4S. The molecule has 0 bridgehead atoms. The molecule has 0 saturated carbocycles. The van der Waals surface area contributed by atoms with Crippen LogP contribution in [0.25, 0.3) is 0 Å². The number of sulfonamides is 1. The van der Waals surface area contributed by atoms with E-state index in [2.05, 4.69) is 5.32 Å². The largest absolute Gasteiger partial charge is 0.455 e. The molecule has 0 saturated heterocycles. The Morgan fingerprint density at radius 2 is 1.95 bits per heavy atom. The highest BCUT2D eigenvalue weighted by atomic mass is 32.2. The molecule has 1 aromatic rings. The third-order valence-electron chi connectivity index (χ3n) is 3.05. The van der Waals surface area contributed by atoms with Gasteiger partial charge in [-0.1, -0.05) is 20.8 Å². The summed E-state index contributed by atoms with van der Waals surface area (Å²) < 4.78 is 27.7. The predicted octanol–water partition coefficient (Wildman–Crippen LogP) is 1.40.